The van der Waals surface area contributed by atoms with Gasteiger partial charge in [-0.2, -0.15) is 5.26 Å². The lowest BCUT2D eigenvalue weighted by Gasteiger charge is -2.11. The molecule has 0 aliphatic carbocycles. The molecule has 0 fully saturated rings. The number of pyridine rings is 1. The molecule has 4 rings (SSSR count). The van der Waals surface area contributed by atoms with Gasteiger partial charge in [0.25, 0.3) is 0 Å². The van der Waals surface area contributed by atoms with Crippen LogP contribution in [0.4, 0.5) is 5.95 Å². The minimum absolute atomic E-state index is 0.117. The molecule has 1 aromatic carbocycles. The van der Waals surface area contributed by atoms with Crippen LogP contribution in [0.25, 0.3) is 22.6 Å². The average Bonchev–Trinajstić information content (AvgIpc) is 3.29. The van der Waals surface area contributed by atoms with E-state index in [0.717, 1.165) is 17.0 Å². The first-order valence-electron chi connectivity index (χ1n) is 9.59. The van der Waals surface area contributed by atoms with E-state index < -0.39 is 0 Å². The SMILES string of the molecule is COCc1cccc(C(C)n2cc(-c3cc(-c4cccc(C#N)c4)nc(N)n3)nn2)n1. The minimum Gasteiger partial charge on any atom is -0.378 e. The highest BCUT2D eigenvalue weighted by Crippen LogP contribution is 2.25. The Morgan fingerprint density at radius 3 is 2.68 bits per heavy atom. The minimum atomic E-state index is -0.135. The zero-order chi connectivity index (χ0) is 21.8. The molecule has 154 valence electrons. The maximum atomic E-state index is 9.15. The summed E-state index contributed by atoms with van der Waals surface area (Å²) in [6, 6.07) is 16.7. The maximum Gasteiger partial charge on any atom is 0.221 e. The predicted molar refractivity (Wildman–Crippen MR) is 114 cm³/mol. The van der Waals surface area contributed by atoms with Gasteiger partial charge in [0.05, 0.1) is 53.3 Å². The third kappa shape index (κ3) is 4.39. The third-order valence-corrected chi connectivity index (χ3v) is 4.75. The third-order valence-electron chi connectivity index (χ3n) is 4.75. The number of benzene rings is 1. The molecule has 0 saturated heterocycles. The van der Waals surface area contributed by atoms with Crippen molar-refractivity contribution in [1.29, 1.82) is 5.26 Å². The van der Waals surface area contributed by atoms with Crippen LogP contribution in [0, 0.1) is 11.3 Å². The number of nitrogens with zero attached hydrogens (tertiary/aromatic N) is 7. The average molecular weight is 412 g/mol. The summed E-state index contributed by atoms with van der Waals surface area (Å²) in [4.78, 5) is 13.2. The van der Waals surface area contributed by atoms with Crippen LogP contribution in [0.1, 0.15) is 29.9 Å². The Hall–Kier alpha value is -4.16. The zero-order valence-corrected chi connectivity index (χ0v) is 17.1. The predicted octanol–water partition coefficient (Wildman–Crippen LogP) is 3.01. The summed E-state index contributed by atoms with van der Waals surface area (Å²) in [5.41, 5.74) is 10.7. The molecule has 0 aliphatic rings. The lowest BCUT2D eigenvalue weighted by atomic mass is 10.1. The number of nitriles is 1. The van der Waals surface area contributed by atoms with E-state index in [-0.39, 0.29) is 12.0 Å². The van der Waals surface area contributed by atoms with Gasteiger partial charge >= 0.3 is 0 Å². The molecule has 1 unspecified atom stereocenters. The second kappa shape index (κ2) is 8.69. The second-order valence-electron chi connectivity index (χ2n) is 6.94. The monoisotopic (exact) mass is 412 g/mol. The van der Waals surface area contributed by atoms with E-state index >= 15 is 0 Å². The van der Waals surface area contributed by atoms with Crippen LogP contribution in [0.5, 0.6) is 0 Å². The van der Waals surface area contributed by atoms with Crippen LogP contribution in [0.3, 0.4) is 0 Å². The molecule has 2 N–H and O–H groups in total. The van der Waals surface area contributed by atoms with Crippen LogP contribution in [0.15, 0.2) is 54.7 Å². The number of aromatic nitrogens is 6. The van der Waals surface area contributed by atoms with Gasteiger partial charge in [-0.3, -0.25) is 4.98 Å². The Bertz CT molecular complexity index is 1260. The molecule has 0 amide bonds. The molecule has 9 heteroatoms. The van der Waals surface area contributed by atoms with Crippen LogP contribution < -0.4 is 5.73 Å². The first-order valence-corrected chi connectivity index (χ1v) is 9.59. The summed E-state index contributed by atoms with van der Waals surface area (Å²) < 4.78 is 6.89. The van der Waals surface area contributed by atoms with Gasteiger partial charge in [0.15, 0.2) is 0 Å². The normalized spacial score (nSPS) is 11.8. The van der Waals surface area contributed by atoms with Crippen molar-refractivity contribution in [3.8, 4) is 28.7 Å². The summed E-state index contributed by atoms with van der Waals surface area (Å²) in [5, 5.41) is 17.7. The number of ether oxygens (including phenoxy) is 1. The van der Waals surface area contributed by atoms with Gasteiger partial charge in [-0.15, -0.1) is 5.10 Å². The van der Waals surface area contributed by atoms with Crippen molar-refractivity contribution in [1.82, 2.24) is 29.9 Å². The molecule has 0 radical (unpaired) electrons. The van der Waals surface area contributed by atoms with Crippen molar-refractivity contribution in [2.45, 2.75) is 19.6 Å². The molecule has 0 saturated carbocycles. The highest BCUT2D eigenvalue weighted by atomic mass is 16.5. The summed E-state index contributed by atoms with van der Waals surface area (Å²) in [6.07, 6.45) is 1.80. The molecule has 4 aromatic rings. The molecule has 0 aliphatic heterocycles. The fourth-order valence-electron chi connectivity index (χ4n) is 3.17. The molecule has 0 spiro atoms. The Labute approximate surface area is 179 Å². The molecule has 31 heavy (non-hydrogen) atoms. The number of anilines is 1. The zero-order valence-electron chi connectivity index (χ0n) is 17.1. The van der Waals surface area contributed by atoms with E-state index in [9.17, 15) is 0 Å². The lowest BCUT2D eigenvalue weighted by molar-refractivity contribution is 0.181. The van der Waals surface area contributed by atoms with Crippen molar-refractivity contribution in [3.63, 3.8) is 0 Å². The highest BCUT2D eigenvalue weighted by Gasteiger charge is 2.15. The van der Waals surface area contributed by atoms with E-state index in [0.29, 0.717) is 29.3 Å². The van der Waals surface area contributed by atoms with Gasteiger partial charge in [-0.1, -0.05) is 23.4 Å². The Morgan fingerprint density at radius 2 is 1.87 bits per heavy atom. The first-order chi connectivity index (χ1) is 15.1. The van der Waals surface area contributed by atoms with Crippen LogP contribution in [0.2, 0.25) is 0 Å². The molecule has 3 aromatic heterocycles. The number of nitrogen functional groups attached to an aromatic ring is 1. The smallest absolute Gasteiger partial charge is 0.221 e. The second-order valence-corrected chi connectivity index (χ2v) is 6.94. The number of rotatable bonds is 6. The van der Waals surface area contributed by atoms with Crippen molar-refractivity contribution >= 4 is 5.95 Å². The molecular formula is C22H20N8O. The number of hydrogen-bond donors (Lipinski definition) is 1. The number of hydrogen-bond acceptors (Lipinski definition) is 8. The summed E-state index contributed by atoms with van der Waals surface area (Å²) in [7, 11) is 1.64. The largest absolute Gasteiger partial charge is 0.378 e. The first kappa shape index (κ1) is 20.1. The van der Waals surface area contributed by atoms with Crippen molar-refractivity contribution in [3.05, 3.63) is 71.7 Å². The van der Waals surface area contributed by atoms with E-state index in [4.69, 9.17) is 15.7 Å². The summed E-state index contributed by atoms with van der Waals surface area (Å²) in [6.45, 7) is 2.43. The summed E-state index contributed by atoms with van der Waals surface area (Å²) in [5.74, 6) is 0.117. The molecule has 9 nitrogen and oxygen atoms in total. The van der Waals surface area contributed by atoms with E-state index in [1.165, 1.54) is 0 Å². The molecule has 3 heterocycles. The van der Waals surface area contributed by atoms with E-state index in [1.807, 2.05) is 31.2 Å². The van der Waals surface area contributed by atoms with Gasteiger partial charge in [0.1, 0.15) is 5.69 Å². The maximum absolute atomic E-state index is 9.15. The van der Waals surface area contributed by atoms with Crippen molar-refractivity contribution in [2.24, 2.45) is 0 Å². The fraction of sp³-hybridized carbons (Fsp3) is 0.182. The quantitative estimate of drug-likeness (QED) is 0.512. The Kier molecular flexibility index (Phi) is 5.64. The topological polar surface area (TPSA) is 128 Å². The van der Waals surface area contributed by atoms with Gasteiger partial charge in [0, 0.05) is 12.7 Å². The van der Waals surface area contributed by atoms with Crippen LogP contribution in [-0.4, -0.2) is 37.1 Å². The lowest BCUT2D eigenvalue weighted by Crippen LogP contribution is -2.10. The van der Waals surface area contributed by atoms with Crippen LogP contribution in [-0.2, 0) is 11.3 Å². The van der Waals surface area contributed by atoms with Gasteiger partial charge in [0.2, 0.25) is 5.95 Å². The van der Waals surface area contributed by atoms with Gasteiger partial charge < -0.3 is 10.5 Å². The fourth-order valence-corrected chi connectivity index (χ4v) is 3.17. The standard InChI is InChI=1S/C22H20N8O/c1-14(18-8-4-7-17(25-18)13-31-2)30-12-21(28-29-30)20-10-19(26-22(24)27-20)16-6-3-5-15(9-16)11-23/h3-10,12,14H,13H2,1-2H3,(H2,24,26,27). The Balaban J connectivity index is 1.65. The van der Waals surface area contributed by atoms with E-state index in [1.54, 1.807) is 42.3 Å². The molecule has 0 bridgehead atoms. The van der Waals surface area contributed by atoms with Crippen LogP contribution >= 0.6 is 0 Å². The number of nitrogens with two attached hydrogens (primary N) is 1. The Morgan fingerprint density at radius 1 is 1.06 bits per heavy atom. The van der Waals surface area contributed by atoms with Gasteiger partial charge in [-0.25, -0.2) is 14.6 Å². The summed E-state index contributed by atoms with van der Waals surface area (Å²) >= 11 is 0. The number of methoxy groups -OCH3 is 1. The molecular weight excluding hydrogens is 392 g/mol. The van der Waals surface area contributed by atoms with Crippen molar-refractivity contribution in [2.75, 3.05) is 12.8 Å². The van der Waals surface area contributed by atoms with Gasteiger partial charge in [-0.05, 0) is 37.3 Å². The highest BCUT2D eigenvalue weighted by molar-refractivity contribution is 5.68. The molecule has 1 atom stereocenters. The van der Waals surface area contributed by atoms with E-state index in [2.05, 4.69) is 31.3 Å². The van der Waals surface area contributed by atoms with Crippen molar-refractivity contribution < 1.29 is 4.74 Å².